The summed E-state index contributed by atoms with van der Waals surface area (Å²) in [5, 5.41) is 1.29. The van der Waals surface area contributed by atoms with Gasteiger partial charge in [-0.3, -0.25) is 9.59 Å². The van der Waals surface area contributed by atoms with E-state index >= 15 is 0 Å². The summed E-state index contributed by atoms with van der Waals surface area (Å²) in [6, 6.07) is 7.25. The maximum absolute atomic E-state index is 12.7. The molecule has 0 bridgehead atoms. The molecule has 0 spiro atoms. The van der Waals surface area contributed by atoms with Crippen molar-refractivity contribution in [2.45, 2.75) is 20.3 Å². The van der Waals surface area contributed by atoms with E-state index in [1.165, 1.54) is 0 Å². The molecule has 2 heterocycles. The fourth-order valence-electron chi connectivity index (χ4n) is 2.84. The molecular weight excluding hydrogens is 252 g/mol. The number of amides is 1. The normalized spacial score (nSPS) is 17.6. The summed E-state index contributed by atoms with van der Waals surface area (Å²) in [6.45, 7) is 5.88. The molecule has 20 heavy (non-hydrogen) atoms. The predicted molar refractivity (Wildman–Crippen MR) is 78.9 cm³/mol. The van der Waals surface area contributed by atoms with E-state index in [0.29, 0.717) is 10.9 Å². The topological polar surface area (TPSA) is 53.2 Å². The molecule has 1 N–H and O–H groups in total. The van der Waals surface area contributed by atoms with Gasteiger partial charge in [-0.05, 0) is 17.9 Å². The number of nitrogens with zero attached hydrogens (tertiary/aromatic N) is 1. The van der Waals surface area contributed by atoms with Gasteiger partial charge < -0.3 is 9.88 Å². The fraction of sp³-hybridized carbons (Fsp3) is 0.375. The number of rotatable bonds is 1. The maximum atomic E-state index is 12.7. The first kappa shape index (κ1) is 12.9. The highest BCUT2D eigenvalue weighted by molar-refractivity contribution is 6.06. The van der Waals surface area contributed by atoms with Crippen LogP contribution in [0.4, 0.5) is 0 Å². The number of pyridine rings is 1. The van der Waals surface area contributed by atoms with Crippen LogP contribution in [-0.4, -0.2) is 28.9 Å². The van der Waals surface area contributed by atoms with Crippen molar-refractivity contribution >= 4 is 16.7 Å². The Bertz CT molecular complexity index is 731. The van der Waals surface area contributed by atoms with Gasteiger partial charge in [0.25, 0.3) is 11.5 Å². The minimum atomic E-state index is -0.154. The van der Waals surface area contributed by atoms with Crippen LogP contribution < -0.4 is 5.56 Å². The molecule has 104 valence electrons. The lowest BCUT2D eigenvalue weighted by Crippen LogP contribution is -2.31. The second kappa shape index (κ2) is 4.47. The molecule has 1 fully saturated rings. The number of hydrogen-bond acceptors (Lipinski definition) is 2. The second-order valence-electron chi connectivity index (χ2n) is 6.22. The first-order valence-corrected chi connectivity index (χ1v) is 6.88. The van der Waals surface area contributed by atoms with Gasteiger partial charge in [0.2, 0.25) is 0 Å². The van der Waals surface area contributed by atoms with Crippen LogP contribution >= 0.6 is 0 Å². The Labute approximate surface area is 117 Å². The maximum Gasteiger partial charge on any atom is 0.255 e. The Hall–Kier alpha value is -2.10. The van der Waals surface area contributed by atoms with Crippen LogP contribution in [0.25, 0.3) is 10.8 Å². The van der Waals surface area contributed by atoms with Crippen molar-refractivity contribution in [2.24, 2.45) is 5.41 Å². The third-order valence-corrected chi connectivity index (χ3v) is 4.00. The van der Waals surface area contributed by atoms with Gasteiger partial charge in [0.05, 0.1) is 5.56 Å². The number of fused-ring (bicyclic) bond motifs is 1. The van der Waals surface area contributed by atoms with Crippen LogP contribution in [0.3, 0.4) is 0 Å². The molecule has 4 nitrogen and oxygen atoms in total. The average Bonchev–Trinajstić information content (AvgIpc) is 2.79. The van der Waals surface area contributed by atoms with Crippen molar-refractivity contribution in [2.75, 3.05) is 13.1 Å². The minimum Gasteiger partial charge on any atom is -0.338 e. The number of aromatic nitrogens is 1. The molecule has 1 aromatic carbocycles. The summed E-state index contributed by atoms with van der Waals surface area (Å²) in [4.78, 5) is 29.0. The smallest absolute Gasteiger partial charge is 0.255 e. The van der Waals surface area contributed by atoms with Crippen LogP contribution in [0, 0.1) is 5.41 Å². The van der Waals surface area contributed by atoms with E-state index in [4.69, 9.17) is 0 Å². The molecule has 1 amide bonds. The summed E-state index contributed by atoms with van der Waals surface area (Å²) >= 11 is 0. The molecule has 0 atom stereocenters. The van der Waals surface area contributed by atoms with Crippen LogP contribution in [0.5, 0.6) is 0 Å². The Morgan fingerprint density at radius 1 is 1.25 bits per heavy atom. The number of likely N-dealkylation sites (tertiary alicyclic amines) is 1. The monoisotopic (exact) mass is 270 g/mol. The fourth-order valence-corrected chi connectivity index (χ4v) is 2.84. The molecule has 4 heteroatoms. The zero-order valence-electron chi connectivity index (χ0n) is 11.8. The Balaban J connectivity index is 2.05. The summed E-state index contributed by atoms with van der Waals surface area (Å²) < 4.78 is 0. The lowest BCUT2D eigenvalue weighted by atomic mass is 9.93. The highest BCUT2D eigenvalue weighted by atomic mass is 16.2. The van der Waals surface area contributed by atoms with Gasteiger partial charge in [0, 0.05) is 30.1 Å². The van der Waals surface area contributed by atoms with Crippen LogP contribution in [0.15, 0.2) is 35.3 Å². The Morgan fingerprint density at radius 2 is 1.95 bits per heavy atom. The molecule has 1 saturated heterocycles. The van der Waals surface area contributed by atoms with E-state index in [2.05, 4.69) is 18.8 Å². The van der Waals surface area contributed by atoms with Crippen molar-refractivity contribution in [1.82, 2.24) is 9.88 Å². The molecule has 1 aliphatic heterocycles. The summed E-state index contributed by atoms with van der Waals surface area (Å²) in [7, 11) is 0. The second-order valence-corrected chi connectivity index (χ2v) is 6.22. The SMILES string of the molecule is CC1(C)CCN(C(=O)c2c[nH]c(=O)c3ccccc23)C1. The van der Waals surface area contributed by atoms with Crippen molar-refractivity contribution in [3.05, 3.63) is 46.4 Å². The highest BCUT2D eigenvalue weighted by Gasteiger charge is 2.32. The van der Waals surface area contributed by atoms with Gasteiger partial charge in [-0.25, -0.2) is 0 Å². The number of hydrogen-bond donors (Lipinski definition) is 1. The molecule has 0 aliphatic carbocycles. The van der Waals surface area contributed by atoms with E-state index in [0.717, 1.165) is 24.9 Å². The number of carbonyl (C=O) groups excluding carboxylic acids is 1. The number of aromatic amines is 1. The van der Waals surface area contributed by atoms with Gasteiger partial charge in [-0.2, -0.15) is 0 Å². The zero-order valence-corrected chi connectivity index (χ0v) is 11.8. The molecule has 0 radical (unpaired) electrons. The highest BCUT2D eigenvalue weighted by Crippen LogP contribution is 2.30. The first-order chi connectivity index (χ1) is 9.48. The molecule has 3 rings (SSSR count). The molecule has 0 unspecified atom stereocenters. The van der Waals surface area contributed by atoms with Gasteiger partial charge in [-0.15, -0.1) is 0 Å². The summed E-state index contributed by atoms with van der Waals surface area (Å²) in [5.74, 6) is 0.00280. The van der Waals surface area contributed by atoms with E-state index in [1.807, 2.05) is 23.1 Å². The lowest BCUT2D eigenvalue weighted by Gasteiger charge is -2.20. The number of H-pyrrole nitrogens is 1. The van der Waals surface area contributed by atoms with Crippen molar-refractivity contribution in [3.8, 4) is 0 Å². The van der Waals surface area contributed by atoms with Crippen molar-refractivity contribution in [1.29, 1.82) is 0 Å². The lowest BCUT2D eigenvalue weighted by molar-refractivity contribution is 0.0780. The first-order valence-electron chi connectivity index (χ1n) is 6.88. The van der Waals surface area contributed by atoms with Gasteiger partial charge in [0.1, 0.15) is 0 Å². The van der Waals surface area contributed by atoms with E-state index in [-0.39, 0.29) is 16.9 Å². The predicted octanol–water partition coefficient (Wildman–Crippen LogP) is 2.40. The van der Waals surface area contributed by atoms with E-state index in [1.54, 1.807) is 12.3 Å². The van der Waals surface area contributed by atoms with Crippen molar-refractivity contribution in [3.63, 3.8) is 0 Å². The zero-order chi connectivity index (χ0) is 14.3. The molecular formula is C16H18N2O2. The van der Waals surface area contributed by atoms with Gasteiger partial charge >= 0.3 is 0 Å². The summed E-state index contributed by atoms with van der Waals surface area (Å²) in [6.07, 6.45) is 2.55. The molecule has 1 aliphatic rings. The van der Waals surface area contributed by atoms with Gasteiger partial charge in [0.15, 0.2) is 0 Å². The van der Waals surface area contributed by atoms with Crippen LogP contribution in [-0.2, 0) is 0 Å². The average molecular weight is 270 g/mol. The molecule has 0 saturated carbocycles. The van der Waals surface area contributed by atoms with E-state index < -0.39 is 0 Å². The molecule has 2 aromatic rings. The van der Waals surface area contributed by atoms with Crippen molar-refractivity contribution < 1.29 is 4.79 Å². The van der Waals surface area contributed by atoms with E-state index in [9.17, 15) is 9.59 Å². The summed E-state index contributed by atoms with van der Waals surface area (Å²) in [5.41, 5.74) is 0.602. The largest absolute Gasteiger partial charge is 0.338 e. The van der Waals surface area contributed by atoms with Crippen LogP contribution in [0.1, 0.15) is 30.6 Å². The third kappa shape index (κ3) is 2.11. The molecule has 1 aromatic heterocycles. The van der Waals surface area contributed by atoms with Crippen LogP contribution in [0.2, 0.25) is 0 Å². The Morgan fingerprint density at radius 3 is 2.60 bits per heavy atom. The number of carbonyl (C=O) groups is 1. The number of benzene rings is 1. The quantitative estimate of drug-likeness (QED) is 0.865. The minimum absolute atomic E-state index is 0.00280. The van der Waals surface area contributed by atoms with Gasteiger partial charge in [-0.1, -0.05) is 32.0 Å². The standard InChI is InChI=1S/C16H18N2O2/c1-16(2)7-8-18(10-16)15(20)13-9-17-14(19)12-6-4-3-5-11(12)13/h3-6,9H,7-8,10H2,1-2H3,(H,17,19). The Kier molecular flexibility index (Phi) is 2.89. The third-order valence-electron chi connectivity index (χ3n) is 4.00. The number of nitrogens with one attached hydrogen (secondary N) is 1.